The Morgan fingerprint density at radius 2 is 2.12 bits per heavy atom. The minimum atomic E-state index is -0.482. The van der Waals surface area contributed by atoms with E-state index in [9.17, 15) is 14.0 Å². The summed E-state index contributed by atoms with van der Waals surface area (Å²) in [7, 11) is 1.73. The number of halogens is 1. The molecule has 132 valence electrons. The monoisotopic (exact) mass is 345 g/mol. The van der Waals surface area contributed by atoms with Gasteiger partial charge in [-0.2, -0.15) is 0 Å². The Labute approximate surface area is 144 Å². The van der Waals surface area contributed by atoms with Gasteiger partial charge >= 0.3 is 6.09 Å². The number of rotatable bonds is 1. The topological polar surface area (TPSA) is 65.6 Å². The standard InChI is InChI=1S/C18H20FN3O3/c1-21-11-18(25-17(21)24)5-2-7-22(8-6-18)16(23)15-10-12-9-13(19)3-4-14(12)20-15/h3-4,9-10,20H,2,5-8,11H2,1H3/t18-/m1/s1. The minimum Gasteiger partial charge on any atom is -0.441 e. The molecule has 0 aliphatic carbocycles. The molecule has 1 aromatic carbocycles. The van der Waals surface area contributed by atoms with Crippen LogP contribution in [0.25, 0.3) is 10.9 Å². The molecule has 2 fully saturated rings. The highest BCUT2D eigenvalue weighted by Crippen LogP contribution is 2.33. The first-order chi connectivity index (χ1) is 12.0. The van der Waals surface area contributed by atoms with Gasteiger partial charge in [0.2, 0.25) is 0 Å². The number of amides is 2. The van der Waals surface area contributed by atoms with E-state index in [1.165, 1.54) is 12.1 Å². The third-order valence-corrected chi connectivity index (χ3v) is 5.14. The zero-order valence-electron chi connectivity index (χ0n) is 14.0. The van der Waals surface area contributed by atoms with Crippen molar-refractivity contribution in [2.24, 2.45) is 0 Å². The lowest BCUT2D eigenvalue weighted by molar-refractivity contribution is 0.0438. The van der Waals surface area contributed by atoms with Gasteiger partial charge in [-0.3, -0.25) is 4.79 Å². The molecule has 2 aliphatic rings. The number of likely N-dealkylation sites (N-methyl/N-ethyl adjacent to an activating group) is 1. The van der Waals surface area contributed by atoms with Crippen LogP contribution in [0, 0.1) is 5.82 Å². The highest BCUT2D eigenvalue weighted by molar-refractivity contribution is 5.98. The third-order valence-electron chi connectivity index (χ3n) is 5.14. The van der Waals surface area contributed by atoms with Crippen molar-refractivity contribution in [2.45, 2.75) is 24.9 Å². The number of benzene rings is 1. The van der Waals surface area contributed by atoms with Crippen LogP contribution in [0.1, 0.15) is 29.8 Å². The van der Waals surface area contributed by atoms with Crippen LogP contribution in [0.15, 0.2) is 24.3 Å². The molecule has 1 N–H and O–H groups in total. The van der Waals surface area contributed by atoms with Gasteiger partial charge in [-0.05, 0) is 37.1 Å². The summed E-state index contributed by atoms with van der Waals surface area (Å²) < 4.78 is 18.9. The molecule has 0 radical (unpaired) electrons. The van der Waals surface area contributed by atoms with E-state index in [-0.39, 0.29) is 17.8 Å². The highest BCUT2D eigenvalue weighted by atomic mass is 19.1. The third kappa shape index (κ3) is 2.83. The van der Waals surface area contributed by atoms with Gasteiger partial charge in [0.15, 0.2) is 0 Å². The van der Waals surface area contributed by atoms with Crippen LogP contribution in [-0.4, -0.2) is 59.1 Å². The maximum atomic E-state index is 13.3. The molecule has 4 rings (SSSR count). The van der Waals surface area contributed by atoms with E-state index in [2.05, 4.69) is 4.98 Å². The number of aromatic nitrogens is 1. The summed E-state index contributed by atoms with van der Waals surface area (Å²) >= 11 is 0. The van der Waals surface area contributed by atoms with Crippen molar-refractivity contribution >= 4 is 22.9 Å². The number of nitrogens with zero attached hydrogens (tertiary/aromatic N) is 2. The molecule has 0 saturated carbocycles. The molecule has 1 aromatic heterocycles. The van der Waals surface area contributed by atoms with Crippen LogP contribution >= 0.6 is 0 Å². The molecule has 1 atom stereocenters. The van der Waals surface area contributed by atoms with Crippen molar-refractivity contribution in [3.05, 3.63) is 35.8 Å². The quantitative estimate of drug-likeness (QED) is 0.864. The van der Waals surface area contributed by atoms with Gasteiger partial charge in [0.05, 0.1) is 6.54 Å². The van der Waals surface area contributed by atoms with Crippen molar-refractivity contribution < 1.29 is 18.7 Å². The summed E-state index contributed by atoms with van der Waals surface area (Å²) in [4.78, 5) is 31.0. The molecule has 7 heteroatoms. The van der Waals surface area contributed by atoms with Crippen molar-refractivity contribution in [1.29, 1.82) is 0 Å². The summed E-state index contributed by atoms with van der Waals surface area (Å²) in [6, 6.07) is 6.10. The SMILES string of the molecule is CN1C[C@]2(CCCN(C(=O)c3cc4cc(F)ccc4[nH]3)CC2)OC1=O. The van der Waals surface area contributed by atoms with Crippen molar-refractivity contribution in [3.63, 3.8) is 0 Å². The van der Waals surface area contributed by atoms with Crippen molar-refractivity contribution in [3.8, 4) is 0 Å². The van der Waals surface area contributed by atoms with E-state index in [4.69, 9.17) is 4.74 Å². The molecule has 6 nitrogen and oxygen atoms in total. The van der Waals surface area contributed by atoms with Crippen molar-refractivity contribution in [1.82, 2.24) is 14.8 Å². The Balaban J connectivity index is 1.51. The fourth-order valence-electron chi connectivity index (χ4n) is 3.81. The number of hydrogen-bond acceptors (Lipinski definition) is 3. The van der Waals surface area contributed by atoms with Gasteiger partial charge in [0, 0.05) is 37.5 Å². The van der Waals surface area contributed by atoms with Crippen LogP contribution in [0.4, 0.5) is 9.18 Å². The van der Waals surface area contributed by atoms with Gasteiger partial charge in [-0.25, -0.2) is 9.18 Å². The first-order valence-electron chi connectivity index (χ1n) is 8.47. The second kappa shape index (κ2) is 5.75. The Kier molecular flexibility index (Phi) is 3.67. The van der Waals surface area contributed by atoms with E-state index in [1.807, 2.05) is 0 Å². The molecule has 25 heavy (non-hydrogen) atoms. The van der Waals surface area contributed by atoms with E-state index in [0.717, 1.165) is 18.4 Å². The van der Waals surface area contributed by atoms with E-state index in [0.29, 0.717) is 37.1 Å². The number of likely N-dealkylation sites (tertiary alicyclic amines) is 1. The summed E-state index contributed by atoms with van der Waals surface area (Å²) in [6.07, 6.45) is 1.87. The van der Waals surface area contributed by atoms with Gasteiger partial charge in [0.25, 0.3) is 5.91 Å². The fraction of sp³-hybridized carbons (Fsp3) is 0.444. The molecule has 2 aromatic rings. The van der Waals surface area contributed by atoms with Crippen LogP contribution in [-0.2, 0) is 4.74 Å². The van der Waals surface area contributed by atoms with E-state index >= 15 is 0 Å². The van der Waals surface area contributed by atoms with E-state index < -0.39 is 5.60 Å². The smallest absolute Gasteiger partial charge is 0.410 e. The van der Waals surface area contributed by atoms with Gasteiger partial charge < -0.3 is 19.5 Å². The Morgan fingerprint density at radius 3 is 2.88 bits per heavy atom. The maximum absolute atomic E-state index is 13.3. The lowest BCUT2D eigenvalue weighted by atomic mass is 9.95. The Hall–Kier alpha value is -2.57. The zero-order valence-corrected chi connectivity index (χ0v) is 14.0. The second-order valence-corrected chi connectivity index (χ2v) is 6.97. The summed E-state index contributed by atoms with van der Waals surface area (Å²) in [5.41, 5.74) is 0.712. The number of carbonyl (C=O) groups excluding carboxylic acids is 2. The molecule has 0 bridgehead atoms. The first-order valence-corrected chi connectivity index (χ1v) is 8.47. The number of carbonyl (C=O) groups is 2. The lowest BCUT2D eigenvalue weighted by Crippen LogP contribution is -2.36. The van der Waals surface area contributed by atoms with Crippen molar-refractivity contribution in [2.75, 3.05) is 26.7 Å². The molecule has 2 amide bonds. The lowest BCUT2D eigenvalue weighted by Gasteiger charge is -2.25. The molecule has 2 aliphatic heterocycles. The van der Waals surface area contributed by atoms with E-state index in [1.54, 1.807) is 29.0 Å². The maximum Gasteiger partial charge on any atom is 0.410 e. The molecule has 0 unspecified atom stereocenters. The minimum absolute atomic E-state index is 0.105. The number of nitrogens with one attached hydrogen (secondary N) is 1. The van der Waals surface area contributed by atoms with Crippen LogP contribution < -0.4 is 0 Å². The molecular weight excluding hydrogens is 325 g/mol. The Morgan fingerprint density at radius 1 is 1.28 bits per heavy atom. The zero-order chi connectivity index (χ0) is 17.6. The largest absolute Gasteiger partial charge is 0.441 e. The van der Waals surface area contributed by atoms with Crippen LogP contribution in [0.3, 0.4) is 0 Å². The van der Waals surface area contributed by atoms with Crippen LogP contribution in [0.2, 0.25) is 0 Å². The fourth-order valence-corrected chi connectivity index (χ4v) is 3.81. The summed E-state index contributed by atoms with van der Waals surface area (Å²) in [6.45, 7) is 1.72. The number of ether oxygens (including phenoxy) is 1. The number of H-pyrrole nitrogens is 1. The molecular formula is C18H20FN3O3. The number of fused-ring (bicyclic) bond motifs is 1. The average molecular weight is 345 g/mol. The van der Waals surface area contributed by atoms with Gasteiger partial charge in [-0.15, -0.1) is 0 Å². The molecule has 1 spiro atoms. The van der Waals surface area contributed by atoms with Gasteiger partial charge in [-0.1, -0.05) is 0 Å². The highest BCUT2D eigenvalue weighted by Gasteiger charge is 2.44. The normalized spacial score (nSPS) is 24.0. The molecule has 2 saturated heterocycles. The number of aromatic amines is 1. The summed E-state index contributed by atoms with van der Waals surface area (Å²) in [5.74, 6) is -0.430. The van der Waals surface area contributed by atoms with Crippen LogP contribution in [0.5, 0.6) is 0 Å². The van der Waals surface area contributed by atoms with Gasteiger partial charge in [0.1, 0.15) is 17.1 Å². The predicted octanol–water partition coefficient (Wildman–Crippen LogP) is 2.75. The average Bonchev–Trinajstić information content (AvgIpc) is 3.03. The molecule has 3 heterocycles. The Bertz CT molecular complexity index is 849. The first kappa shape index (κ1) is 15.9. The number of hydrogen-bond donors (Lipinski definition) is 1. The summed E-state index contributed by atoms with van der Waals surface area (Å²) in [5, 5.41) is 0.681. The predicted molar refractivity (Wildman–Crippen MR) is 89.9 cm³/mol. The second-order valence-electron chi connectivity index (χ2n) is 6.97.